The highest BCUT2D eigenvalue weighted by Gasteiger charge is 1.91. The van der Waals surface area contributed by atoms with E-state index in [4.69, 9.17) is 5.11 Å². The van der Waals surface area contributed by atoms with Gasteiger partial charge in [0.1, 0.15) is 0 Å². The van der Waals surface area contributed by atoms with Crippen molar-refractivity contribution in [2.75, 3.05) is 6.26 Å². The van der Waals surface area contributed by atoms with E-state index in [1.54, 1.807) is 17.8 Å². The van der Waals surface area contributed by atoms with Crippen molar-refractivity contribution in [3.63, 3.8) is 0 Å². The Morgan fingerprint density at radius 2 is 2.40 bits per heavy atom. The molecule has 0 unspecified atom stereocenters. The fraction of sp³-hybridized carbons (Fsp3) is 0.250. The van der Waals surface area contributed by atoms with E-state index in [9.17, 15) is 0 Å². The van der Waals surface area contributed by atoms with Gasteiger partial charge in [-0.1, -0.05) is 0 Å². The third-order valence-corrected chi connectivity index (χ3v) is 1.95. The second-order valence-corrected chi connectivity index (χ2v) is 2.82. The summed E-state index contributed by atoms with van der Waals surface area (Å²) < 4.78 is 0. The van der Waals surface area contributed by atoms with Gasteiger partial charge in [-0.3, -0.25) is 0 Å². The van der Waals surface area contributed by atoms with Crippen LogP contribution in [0.1, 0.15) is 5.56 Å². The molecule has 0 heterocycles. The van der Waals surface area contributed by atoms with Crippen molar-refractivity contribution in [3.8, 4) is 0 Å². The van der Waals surface area contributed by atoms with Crippen LogP contribution in [0.15, 0.2) is 23.1 Å². The predicted octanol–water partition coefficient (Wildman–Crippen LogP) is 1.70. The van der Waals surface area contributed by atoms with Gasteiger partial charge in [0.15, 0.2) is 0 Å². The van der Waals surface area contributed by atoms with Crippen LogP contribution in [0.2, 0.25) is 0 Å². The molecule has 1 aromatic carbocycles. The summed E-state index contributed by atoms with van der Waals surface area (Å²) in [5.74, 6) is 0. The van der Waals surface area contributed by atoms with E-state index >= 15 is 0 Å². The van der Waals surface area contributed by atoms with Gasteiger partial charge in [0.2, 0.25) is 0 Å². The largest absolute Gasteiger partial charge is 0.392 e. The molecule has 0 atom stereocenters. The Balaban J connectivity index is 2.87. The molecule has 0 spiro atoms. The zero-order chi connectivity index (χ0) is 7.40. The molecular weight excluding hydrogens is 144 g/mol. The Bertz CT molecular complexity index is 191. The molecule has 1 aromatic rings. The van der Waals surface area contributed by atoms with Gasteiger partial charge in [-0.25, -0.2) is 0 Å². The van der Waals surface area contributed by atoms with Crippen LogP contribution in [0.25, 0.3) is 0 Å². The minimum absolute atomic E-state index is 0.102. The quantitative estimate of drug-likeness (QED) is 0.652. The second kappa shape index (κ2) is 3.64. The number of aliphatic hydroxyl groups is 1. The van der Waals surface area contributed by atoms with Crippen molar-refractivity contribution in [2.24, 2.45) is 0 Å². The standard InChI is InChI=1S/C8H9OS/c1-10-8-4-2-3-7(5-8)6-9/h3-5,9H,6H2,1H3. The molecule has 53 valence electrons. The molecule has 10 heavy (non-hydrogen) atoms. The third kappa shape index (κ3) is 1.75. The summed E-state index contributed by atoms with van der Waals surface area (Å²) in [6.45, 7) is 0.102. The van der Waals surface area contributed by atoms with E-state index in [2.05, 4.69) is 6.07 Å². The molecule has 1 radical (unpaired) electrons. The van der Waals surface area contributed by atoms with Crippen LogP contribution in [-0.4, -0.2) is 11.4 Å². The lowest BCUT2D eigenvalue weighted by atomic mass is 10.2. The maximum atomic E-state index is 8.73. The van der Waals surface area contributed by atoms with Crippen LogP contribution >= 0.6 is 11.8 Å². The maximum absolute atomic E-state index is 8.73. The summed E-state index contributed by atoms with van der Waals surface area (Å²) in [4.78, 5) is 1.14. The van der Waals surface area contributed by atoms with E-state index in [0.29, 0.717) is 0 Å². The summed E-state index contributed by atoms with van der Waals surface area (Å²) in [5.41, 5.74) is 0.923. The molecule has 1 rings (SSSR count). The van der Waals surface area contributed by atoms with Gasteiger partial charge in [0, 0.05) is 4.90 Å². The zero-order valence-corrected chi connectivity index (χ0v) is 6.61. The molecule has 0 saturated heterocycles. The molecule has 0 bridgehead atoms. The summed E-state index contributed by atoms with van der Waals surface area (Å²) in [6.07, 6.45) is 2.00. The first-order valence-electron chi connectivity index (χ1n) is 3.01. The predicted molar refractivity (Wildman–Crippen MR) is 43.0 cm³/mol. The first kappa shape index (κ1) is 7.63. The summed E-state index contributed by atoms with van der Waals surface area (Å²) >= 11 is 1.66. The van der Waals surface area contributed by atoms with Crippen molar-refractivity contribution in [1.82, 2.24) is 0 Å². The number of benzene rings is 1. The summed E-state index contributed by atoms with van der Waals surface area (Å²) in [5, 5.41) is 8.73. The molecule has 0 aliphatic carbocycles. The van der Waals surface area contributed by atoms with Gasteiger partial charge in [0.05, 0.1) is 6.61 Å². The SMILES string of the molecule is CSc1c[c]cc(CO)c1. The Labute approximate surface area is 65.1 Å². The molecular formula is C8H9OS. The molecule has 1 N–H and O–H groups in total. The van der Waals surface area contributed by atoms with Crippen LogP contribution in [0.5, 0.6) is 0 Å². The minimum Gasteiger partial charge on any atom is -0.392 e. The molecule has 1 nitrogen and oxygen atoms in total. The Morgan fingerprint density at radius 3 is 3.00 bits per heavy atom. The van der Waals surface area contributed by atoms with Crippen molar-refractivity contribution in [1.29, 1.82) is 0 Å². The molecule has 0 amide bonds. The van der Waals surface area contributed by atoms with Crippen LogP contribution in [0.4, 0.5) is 0 Å². The highest BCUT2D eigenvalue weighted by molar-refractivity contribution is 7.98. The fourth-order valence-electron chi connectivity index (χ4n) is 0.706. The molecule has 0 aliphatic heterocycles. The average molecular weight is 153 g/mol. The number of thioether (sulfide) groups is 1. The van der Waals surface area contributed by atoms with E-state index in [1.807, 2.05) is 18.4 Å². The second-order valence-electron chi connectivity index (χ2n) is 1.94. The molecule has 0 aliphatic rings. The first-order chi connectivity index (χ1) is 4.86. The highest BCUT2D eigenvalue weighted by Crippen LogP contribution is 2.14. The van der Waals surface area contributed by atoms with Crippen molar-refractivity contribution >= 4 is 11.8 Å². The Kier molecular flexibility index (Phi) is 2.78. The fourth-order valence-corrected chi connectivity index (χ4v) is 1.16. The summed E-state index contributed by atoms with van der Waals surface area (Å²) in [6, 6.07) is 8.61. The van der Waals surface area contributed by atoms with E-state index < -0.39 is 0 Å². The molecule has 0 fully saturated rings. The van der Waals surface area contributed by atoms with E-state index in [1.165, 1.54) is 0 Å². The van der Waals surface area contributed by atoms with Crippen LogP contribution < -0.4 is 0 Å². The number of rotatable bonds is 2. The monoisotopic (exact) mass is 153 g/mol. The summed E-state index contributed by atoms with van der Waals surface area (Å²) in [7, 11) is 0. The lowest BCUT2D eigenvalue weighted by Gasteiger charge is -1.97. The Morgan fingerprint density at radius 1 is 1.60 bits per heavy atom. The van der Waals surface area contributed by atoms with Crippen molar-refractivity contribution in [3.05, 3.63) is 29.8 Å². The smallest absolute Gasteiger partial charge is 0.0682 e. The lowest BCUT2D eigenvalue weighted by molar-refractivity contribution is 0.281. The molecule has 2 heteroatoms. The van der Waals surface area contributed by atoms with Gasteiger partial charge in [0.25, 0.3) is 0 Å². The number of aliphatic hydroxyl groups excluding tert-OH is 1. The van der Waals surface area contributed by atoms with Gasteiger partial charge in [-0.15, -0.1) is 11.8 Å². The molecule has 0 aromatic heterocycles. The van der Waals surface area contributed by atoms with Crippen LogP contribution in [-0.2, 0) is 6.61 Å². The first-order valence-corrected chi connectivity index (χ1v) is 4.24. The lowest BCUT2D eigenvalue weighted by Crippen LogP contribution is -1.81. The van der Waals surface area contributed by atoms with E-state index in [0.717, 1.165) is 10.5 Å². The van der Waals surface area contributed by atoms with Crippen LogP contribution in [0.3, 0.4) is 0 Å². The minimum atomic E-state index is 0.102. The molecule has 0 saturated carbocycles. The topological polar surface area (TPSA) is 20.2 Å². The number of hydrogen-bond acceptors (Lipinski definition) is 2. The van der Waals surface area contributed by atoms with E-state index in [-0.39, 0.29) is 6.61 Å². The normalized spacial score (nSPS) is 9.80. The van der Waals surface area contributed by atoms with Gasteiger partial charge in [-0.2, -0.15) is 0 Å². The van der Waals surface area contributed by atoms with Gasteiger partial charge >= 0.3 is 0 Å². The van der Waals surface area contributed by atoms with Crippen LogP contribution in [0, 0.1) is 6.07 Å². The average Bonchev–Trinajstić information content (AvgIpc) is 2.05. The Hall–Kier alpha value is -0.470. The number of hydrogen-bond donors (Lipinski definition) is 1. The third-order valence-electron chi connectivity index (χ3n) is 1.24. The maximum Gasteiger partial charge on any atom is 0.0682 e. The van der Waals surface area contributed by atoms with Crippen molar-refractivity contribution < 1.29 is 5.11 Å². The van der Waals surface area contributed by atoms with Gasteiger partial charge in [-0.05, 0) is 36.1 Å². The zero-order valence-electron chi connectivity index (χ0n) is 5.79. The highest BCUT2D eigenvalue weighted by atomic mass is 32.2. The van der Waals surface area contributed by atoms with Gasteiger partial charge < -0.3 is 5.11 Å². The van der Waals surface area contributed by atoms with Crippen molar-refractivity contribution in [2.45, 2.75) is 11.5 Å².